The molecule has 6 nitrogen and oxygen atoms in total. The van der Waals surface area contributed by atoms with Crippen molar-refractivity contribution < 1.29 is 28.5 Å². The highest BCUT2D eigenvalue weighted by molar-refractivity contribution is 5.82. The van der Waals surface area contributed by atoms with Crippen molar-refractivity contribution in [2.45, 2.75) is 66.0 Å². The molecule has 0 atom stereocenters. The van der Waals surface area contributed by atoms with E-state index in [1.54, 1.807) is 0 Å². The average Bonchev–Trinajstić information content (AvgIpc) is 2.84. The quantitative estimate of drug-likeness (QED) is 0.309. The maximum Gasteiger partial charge on any atom is 0.184 e. The molecule has 6 rings (SSSR count). The van der Waals surface area contributed by atoms with E-state index in [9.17, 15) is 9.59 Å². The van der Waals surface area contributed by atoms with Crippen molar-refractivity contribution in [3.05, 3.63) is 68.8 Å². The third kappa shape index (κ3) is 5.63. The van der Waals surface area contributed by atoms with Crippen LogP contribution in [0.25, 0.3) is 0 Å². The monoisotopic (exact) mass is 468 g/mol. The van der Waals surface area contributed by atoms with Crippen LogP contribution in [0.1, 0.15) is 94.4 Å². The molecule has 4 aliphatic rings. The van der Waals surface area contributed by atoms with E-state index in [2.05, 4.69) is 12.1 Å². The summed E-state index contributed by atoms with van der Waals surface area (Å²) < 4.78 is 23.7. The van der Waals surface area contributed by atoms with Crippen LogP contribution >= 0.6 is 0 Å². The van der Waals surface area contributed by atoms with Crippen LogP contribution in [-0.2, 0) is 44.6 Å². The van der Waals surface area contributed by atoms with Crippen molar-refractivity contribution in [3.63, 3.8) is 0 Å². The van der Waals surface area contributed by atoms with E-state index >= 15 is 0 Å². The first kappa shape index (κ1) is 26.2. The molecule has 2 aromatic rings. The molecule has 0 aromatic heterocycles. The van der Waals surface area contributed by atoms with Gasteiger partial charge in [-0.25, -0.2) is 0 Å². The second-order valence-electron chi connectivity index (χ2n) is 8.14. The van der Waals surface area contributed by atoms with Gasteiger partial charge in [0.2, 0.25) is 0 Å². The Morgan fingerprint density at radius 2 is 0.882 bits per heavy atom. The van der Waals surface area contributed by atoms with Gasteiger partial charge in [0.15, 0.2) is 25.2 Å². The van der Waals surface area contributed by atoms with Crippen LogP contribution in [-0.4, -0.2) is 39.0 Å². The van der Waals surface area contributed by atoms with Crippen molar-refractivity contribution in [1.29, 1.82) is 0 Å². The topological polar surface area (TPSA) is 71.1 Å². The molecule has 0 saturated carbocycles. The molecule has 4 aliphatic carbocycles. The molecular weight excluding hydrogens is 432 g/mol. The molecule has 0 amide bonds. The summed E-state index contributed by atoms with van der Waals surface area (Å²) in [4.78, 5) is 24.6. The number of carbonyl (C=O) groups excluding carboxylic acids is 2. The molecule has 34 heavy (non-hydrogen) atoms. The van der Waals surface area contributed by atoms with Gasteiger partial charge in [0.25, 0.3) is 0 Å². The Morgan fingerprint density at radius 1 is 0.588 bits per heavy atom. The Balaban J connectivity index is 2.17. The lowest BCUT2D eigenvalue weighted by atomic mass is 9.85. The van der Waals surface area contributed by atoms with Gasteiger partial charge in [-0.15, -0.1) is 0 Å². The second kappa shape index (κ2) is 12.9. The number of carbonyl (C=O) groups is 2. The minimum Gasteiger partial charge on any atom is -0.349 e. The number of aryl methyl sites for hydroxylation is 4. The minimum atomic E-state index is -0.599. The van der Waals surface area contributed by atoms with E-state index in [0.29, 0.717) is 63.2 Å². The Kier molecular flexibility index (Phi) is 9.96. The summed E-state index contributed by atoms with van der Waals surface area (Å²) in [5, 5.41) is 0. The molecule has 0 heterocycles. The minimum absolute atomic E-state index is 0.477. The normalized spacial score (nSPS) is 13.4. The van der Waals surface area contributed by atoms with E-state index in [1.165, 1.54) is 0 Å². The lowest BCUT2D eigenvalue weighted by Crippen LogP contribution is -2.19. The molecular formula is C28H36O6. The zero-order valence-electron chi connectivity index (χ0n) is 20.7. The lowest BCUT2D eigenvalue weighted by Gasteiger charge is -2.27. The van der Waals surface area contributed by atoms with Crippen LogP contribution in [0.2, 0.25) is 0 Å². The van der Waals surface area contributed by atoms with Gasteiger partial charge in [-0.2, -0.15) is 0 Å². The fraction of sp³-hybridized carbons (Fsp3) is 0.500. The van der Waals surface area contributed by atoms with Gasteiger partial charge in [0.05, 0.1) is 0 Å². The van der Waals surface area contributed by atoms with E-state index in [4.69, 9.17) is 18.9 Å². The standard InChI is InChI=1S/C28H36O6/c1-5-31-27(32-6-2)25-21-13-11-19(23(25)17-29)9-10-20-12-14-22(16-15-21)26(24(20)18-30)28(33-7-3)34-8-4/h11-14,17-18,27-28H,5-10,15-16H2,1-4H3. The number of benzene rings is 2. The number of aldehydes is 2. The van der Waals surface area contributed by atoms with Crippen LogP contribution in [0.4, 0.5) is 0 Å². The molecule has 0 fully saturated rings. The first-order valence-electron chi connectivity index (χ1n) is 12.3. The van der Waals surface area contributed by atoms with Gasteiger partial charge < -0.3 is 18.9 Å². The van der Waals surface area contributed by atoms with Gasteiger partial charge >= 0.3 is 0 Å². The summed E-state index contributed by atoms with van der Waals surface area (Å²) in [6.45, 7) is 9.59. The number of hydrogen-bond donors (Lipinski definition) is 0. The maximum atomic E-state index is 12.3. The van der Waals surface area contributed by atoms with Crippen molar-refractivity contribution in [2.75, 3.05) is 26.4 Å². The van der Waals surface area contributed by atoms with Gasteiger partial charge in [-0.3, -0.25) is 9.59 Å². The first-order valence-corrected chi connectivity index (χ1v) is 12.3. The van der Waals surface area contributed by atoms with Crippen molar-refractivity contribution in [1.82, 2.24) is 0 Å². The van der Waals surface area contributed by atoms with Crippen LogP contribution < -0.4 is 0 Å². The maximum absolute atomic E-state index is 12.3. The summed E-state index contributed by atoms with van der Waals surface area (Å²) in [7, 11) is 0. The lowest BCUT2D eigenvalue weighted by molar-refractivity contribution is -0.141. The molecule has 0 spiro atoms. The van der Waals surface area contributed by atoms with Crippen LogP contribution in [0.15, 0.2) is 24.3 Å². The first-order chi connectivity index (χ1) is 16.6. The SMILES string of the molecule is CCOC(OCC)c1c2ccc(c1C=O)CCc1ccc(c(C(OCC)OCC)c1C=O)CC2. The van der Waals surface area contributed by atoms with E-state index in [1.807, 2.05) is 39.8 Å². The summed E-state index contributed by atoms with van der Waals surface area (Å²) in [5.41, 5.74) is 6.75. The predicted octanol–water partition coefficient (Wildman–Crippen LogP) is 5.34. The van der Waals surface area contributed by atoms with Crippen molar-refractivity contribution in [2.24, 2.45) is 0 Å². The highest BCUT2D eigenvalue weighted by Crippen LogP contribution is 2.34. The summed E-state index contributed by atoms with van der Waals surface area (Å²) in [6, 6.07) is 8.21. The smallest absolute Gasteiger partial charge is 0.184 e. The molecule has 4 bridgehead atoms. The van der Waals surface area contributed by atoms with E-state index < -0.39 is 12.6 Å². The van der Waals surface area contributed by atoms with E-state index in [-0.39, 0.29) is 0 Å². The van der Waals surface area contributed by atoms with Crippen LogP contribution in [0, 0.1) is 0 Å². The molecule has 0 radical (unpaired) electrons. The summed E-state index contributed by atoms with van der Waals surface area (Å²) in [5.74, 6) is 0. The van der Waals surface area contributed by atoms with E-state index in [0.717, 1.165) is 46.0 Å². The van der Waals surface area contributed by atoms with Gasteiger partial charge in [0.1, 0.15) is 0 Å². The molecule has 6 heteroatoms. The average molecular weight is 469 g/mol. The third-order valence-corrected chi connectivity index (χ3v) is 6.24. The molecule has 0 unspecified atom stereocenters. The zero-order valence-corrected chi connectivity index (χ0v) is 20.7. The number of hydrogen-bond acceptors (Lipinski definition) is 6. The Hall–Kier alpha value is -2.38. The highest BCUT2D eigenvalue weighted by Gasteiger charge is 2.26. The van der Waals surface area contributed by atoms with Gasteiger partial charge in [-0.1, -0.05) is 24.3 Å². The summed E-state index contributed by atoms with van der Waals surface area (Å²) >= 11 is 0. The molecule has 184 valence electrons. The van der Waals surface area contributed by atoms with Crippen LogP contribution in [0.3, 0.4) is 0 Å². The van der Waals surface area contributed by atoms with Crippen LogP contribution in [0.5, 0.6) is 0 Å². The Morgan fingerprint density at radius 3 is 1.18 bits per heavy atom. The fourth-order valence-corrected chi connectivity index (χ4v) is 4.73. The Labute approximate surface area is 202 Å². The number of ether oxygens (including phenoxy) is 4. The van der Waals surface area contributed by atoms with Gasteiger partial charge in [0, 0.05) is 48.7 Å². The van der Waals surface area contributed by atoms with Crippen molar-refractivity contribution >= 4 is 12.6 Å². The molecule has 0 N–H and O–H groups in total. The molecule has 2 aromatic carbocycles. The molecule has 0 saturated heterocycles. The largest absolute Gasteiger partial charge is 0.349 e. The fourth-order valence-electron chi connectivity index (χ4n) is 4.73. The zero-order chi connectivity index (χ0) is 24.5. The second-order valence-corrected chi connectivity index (χ2v) is 8.14. The summed E-state index contributed by atoms with van der Waals surface area (Å²) in [6.07, 6.45) is 3.17. The Bertz CT molecular complexity index is 892. The third-order valence-electron chi connectivity index (χ3n) is 6.24. The van der Waals surface area contributed by atoms with Crippen molar-refractivity contribution in [3.8, 4) is 0 Å². The predicted molar refractivity (Wildman–Crippen MR) is 130 cm³/mol. The van der Waals surface area contributed by atoms with Gasteiger partial charge in [-0.05, 0) is 75.6 Å². The number of rotatable bonds is 12. The molecule has 0 aliphatic heterocycles. The highest BCUT2D eigenvalue weighted by atomic mass is 16.7.